The molecule has 15 heavy (non-hydrogen) atoms. The third-order valence-corrected chi connectivity index (χ3v) is 3.67. The first-order valence-corrected chi connectivity index (χ1v) is 6.28. The third kappa shape index (κ3) is 3.43. The van der Waals surface area contributed by atoms with E-state index in [0.717, 1.165) is 23.8 Å². The molecule has 3 nitrogen and oxygen atoms in total. The van der Waals surface area contributed by atoms with Gasteiger partial charge in [-0.1, -0.05) is 26.1 Å². The lowest BCUT2D eigenvalue weighted by Crippen LogP contribution is -2.31. The van der Waals surface area contributed by atoms with Gasteiger partial charge in [-0.3, -0.25) is 0 Å². The smallest absolute Gasteiger partial charge is 0.185 e. The molecule has 0 fully saturated rings. The number of rotatable bonds is 5. The van der Waals surface area contributed by atoms with E-state index >= 15 is 0 Å². The summed E-state index contributed by atoms with van der Waals surface area (Å²) < 4.78 is 0. The van der Waals surface area contributed by atoms with E-state index in [4.69, 9.17) is 18.0 Å². The van der Waals surface area contributed by atoms with E-state index in [1.54, 1.807) is 11.3 Å². The zero-order valence-corrected chi connectivity index (χ0v) is 11.0. The van der Waals surface area contributed by atoms with Crippen LogP contribution in [0.2, 0.25) is 0 Å². The number of aromatic nitrogens is 1. The highest BCUT2D eigenvalue weighted by molar-refractivity contribution is 7.80. The van der Waals surface area contributed by atoms with E-state index in [9.17, 15) is 0 Å². The fourth-order valence-electron chi connectivity index (χ4n) is 1.21. The van der Waals surface area contributed by atoms with Crippen molar-refractivity contribution in [1.29, 1.82) is 0 Å². The van der Waals surface area contributed by atoms with E-state index in [0.29, 0.717) is 4.99 Å². The van der Waals surface area contributed by atoms with Gasteiger partial charge in [0, 0.05) is 24.9 Å². The Morgan fingerprint density at radius 3 is 2.87 bits per heavy atom. The number of anilines is 1. The number of nitrogens with zero attached hydrogens (tertiary/aromatic N) is 2. The molecule has 1 aromatic rings. The summed E-state index contributed by atoms with van der Waals surface area (Å²) in [6, 6.07) is 0. The highest BCUT2D eigenvalue weighted by Gasteiger charge is 2.11. The Morgan fingerprint density at radius 1 is 1.73 bits per heavy atom. The van der Waals surface area contributed by atoms with Crippen LogP contribution in [0.25, 0.3) is 0 Å². The maximum Gasteiger partial charge on any atom is 0.185 e. The third-order valence-electron chi connectivity index (χ3n) is 2.26. The Hall–Kier alpha value is -0.680. The molecule has 1 heterocycles. The van der Waals surface area contributed by atoms with Crippen LogP contribution in [0.3, 0.4) is 0 Å². The monoisotopic (exact) mass is 243 g/mol. The number of aryl methyl sites for hydroxylation is 1. The predicted octanol–water partition coefficient (Wildman–Crippen LogP) is 2.06. The normalized spacial score (nSPS) is 12.5. The second-order valence-corrected chi connectivity index (χ2v) is 4.97. The second-order valence-electron chi connectivity index (χ2n) is 3.66. The number of thiocarbonyl (C=S) groups is 1. The SMILES string of the molecule is CCc1csc(N(C)CC(C)C(N)=S)n1. The van der Waals surface area contributed by atoms with E-state index in [-0.39, 0.29) is 5.92 Å². The molecule has 0 spiro atoms. The molecule has 1 unspecified atom stereocenters. The lowest BCUT2D eigenvalue weighted by atomic mass is 10.2. The van der Waals surface area contributed by atoms with E-state index < -0.39 is 0 Å². The van der Waals surface area contributed by atoms with Crippen molar-refractivity contribution in [3.05, 3.63) is 11.1 Å². The van der Waals surface area contributed by atoms with Gasteiger partial charge in [-0.2, -0.15) is 0 Å². The molecule has 0 radical (unpaired) electrons. The minimum Gasteiger partial charge on any atom is -0.393 e. The average molecular weight is 243 g/mol. The van der Waals surface area contributed by atoms with E-state index in [2.05, 4.69) is 22.2 Å². The molecule has 0 aliphatic rings. The number of thiazole rings is 1. The van der Waals surface area contributed by atoms with Gasteiger partial charge in [-0.05, 0) is 6.42 Å². The first-order chi connectivity index (χ1) is 7.04. The lowest BCUT2D eigenvalue weighted by Gasteiger charge is -2.19. The van der Waals surface area contributed by atoms with Crippen molar-refractivity contribution in [2.24, 2.45) is 11.7 Å². The van der Waals surface area contributed by atoms with Crippen LogP contribution in [-0.2, 0) is 6.42 Å². The molecule has 0 aromatic carbocycles. The quantitative estimate of drug-likeness (QED) is 0.804. The predicted molar refractivity (Wildman–Crippen MR) is 70.7 cm³/mol. The molecule has 1 aromatic heterocycles. The molecule has 2 N–H and O–H groups in total. The van der Waals surface area contributed by atoms with Crippen LogP contribution in [0, 0.1) is 5.92 Å². The van der Waals surface area contributed by atoms with Crippen LogP contribution in [-0.4, -0.2) is 23.6 Å². The summed E-state index contributed by atoms with van der Waals surface area (Å²) >= 11 is 6.62. The van der Waals surface area contributed by atoms with Crippen molar-refractivity contribution in [3.63, 3.8) is 0 Å². The van der Waals surface area contributed by atoms with Crippen LogP contribution in [0.15, 0.2) is 5.38 Å². The maximum atomic E-state index is 5.58. The van der Waals surface area contributed by atoms with Crippen molar-refractivity contribution >= 4 is 33.7 Å². The van der Waals surface area contributed by atoms with Gasteiger partial charge >= 0.3 is 0 Å². The number of hydrogen-bond acceptors (Lipinski definition) is 4. The molecular weight excluding hydrogens is 226 g/mol. The Morgan fingerprint density at radius 2 is 2.40 bits per heavy atom. The Labute approximate surface area is 100 Å². The summed E-state index contributed by atoms with van der Waals surface area (Å²) in [5, 5.41) is 3.13. The Bertz CT molecular complexity index is 335. The van der Waals surface area contributed by atoms with Gasteiger partial charge in [0.05, 0.1) is 10.7 Å². The lowest BCUT2D eigenvalue weighted by molar-refractivity contribution is 0.739. The molecule has 0 saturated carbocycles. The molecular formula is C10H17N3S2. The topological polar surface area (TPSA) is 42.1 Å². The molecule has 1 rings (SSSR count). The molecule has 1 atom stereocenters. The maximum absolute atomic E-state index is 5.58. The van der Waals surface area contributed by atoms with Crippen LogP contribution in [0.5, 0.6) is 0 Å². The van der Waals surface area contributed by atoms with Crippen molar-refractivity contribution in [1.82, 2.24) is 4.98 Å². The van der Waals surface area contributed by atoms with E-state index in [1.807, 2.05) is 14.0 Å². The van der Waals surface area contributed by atoms with Gasteiger partial charge in [0.25, 0.3) is 0 Å². The molecule has 0 aliphatic carbocycles. The van der Waals surface area contributed by atoms with Gasteiger partial charge in [0.2, 0.25) is 0 Å². The van der Waals surface area contributed by atoms with Crippen molar-refractivity contribution < 1.29 is 0 Å². The minimum absolute atomic E-state index is 0.221. The van der Waals surface area contributed by atoms with Crippen molar-refractivity contribution in [2.45, 2.75) is 20.3 Å². The molecule has 0 aliphatic heterocycles. The van der Waals surface area contributed by atoms with Crippen LogP contribution >= 0.6 is 23.6 Å². The van der Waals surface area contributed by atoms with Crippen LogP contribution in [0.4, 0.5) is 5.13 Å². The molecule has 0 bridgehead atoms. The van der Waals surface area contributed by atoms with Crippen LogP contribution < -0.4 is 10.6 Å². The van der Waals surface area contributed by atoms with Crippen molar-refractivity contribution in [3.8, 4) is 0 Å². The van der Waals surface area contributed by atoms with Crippen LogP contribution in [0.1, 0.15) is 19.5 Å². The first kappa shape index (κ1) is 12.4. The summed E-state index contributed by atoms with van der Waals surface area (Å²) in [7, 11) is 2.02. The molecule has 5 heteroatoms. The molecule has 0 saturated heterocycles. The molecule has 0 amide bonds. The standard InChI is InChI=1S/C10H17N3S2/c1-4-8-6-15-10(12-8)13(3)5-7(2)9(11)14/h6-7H,4-5H2,1-3H3,(H2,11,14). The minimum atomic E-state index is 0.221. The fraction of sp³-hybridized carbons (Fsp3) is 0.600. The summed E-state index contributed by atoms with van der Waals surface area (Å²) in [4.78, 5) is 7.17. The highest BCUT2D eigenvalue weighted by Crippen LogP contribution is 2.20. The fourth-order valence-corrected chi connectivity index (χ4v) is 2.17. The number of hydrogen-bond donors (Lipinski definition) is 1. The summed E-state index contributed by atoms with van der Waals surface area (Å²) in [6.45, 7) is 4.97. The Kier molecular flexibility index (Phi) is 4.47. The number of nitrogens with two attached hydrogens (primary N) is 1. The van der Waals surface area contributed by atoms with Gasteiger partial charge in [-0.15, -0.1) is 11.3 Å². The first-order valence-electron chi connectivity index (χ1n) is 4.99. The largest absolute Gasteiger partial charge is 0.393 e. The van der Waals surface area contributed by atoms with Crippen molar-refractivity contribution in [2.75, 3.05) is 18.5 Å². The summed E-state index contributed by atoms with van der Waals surface area (Å²) in [5.74, 6) is 0.221. The zero-order chi connectivity index (χ0) is 11.4. The van der Waals surface area contributed by atoms with Gasteiger partial charge in [0.15, 0.2) is 5.13 Å². The van der Waals surface area contributed by atoms with Gasteiger partial charge in [-0.25, -0.2) is 4.98 Å². The molecule has 84 valence electrons. The summed E-state index contributed by atoms with van der Waals surface area (Å²) in [5.41, 5.74) is 6.72. The van der Waals surface area contributed by atoms with Gasteiger partial charge in [0.1, 0.15) is 0 Å². The van der Waals surface area contributed by atoms with Gasteiger partial charge < -0.3 is 10.6 Å². The average Bonchev–Trinajstić information content (AvgIpc) is 2.65. The summed E-state index contributed by atoms with van der Waals surface area (Å²) in [6.07, 6.45) is 0.981. The second kappa shape index (κ2) is 5.42. The highest BCUT2D eigenvalue weighted by atomic mass is 32.1. The zero-order valence-electron chi connectivity index (χ0n) is 9.36. The Balaban J connectivity index is 2.60. The van der Waals surface area contributed by atoms with E-state index in [1.165, 1.54) is 0 Å².